The minimum atomic E-state index is -0.177. The highest BCUT2D eigenvalue weighted by Crippen LogP contribution is 2.54. The number of furan rings is 1. The lowest BCUT2D eigenvalue weighted by molar-refractivity contribution is 0.661. The second kappa shape index (κ2) is 13.0. The molecule has 0 atom stereocenters. The van der Waals surface area contributed by atoms with Crippen molar-refractivity contribution in [2.45, 2.75) is 19.3 Å². The summed E-state index contributed by atoms with van der Waals surface area (Å²) in [5.74, 6) is 0. The highest BCUT2D eigenvalue weighted by molar-refractivity contribution is 6.19. The van der Waals surface area contributed by atoms with Crippen LogP contribution in [0.25, 0.3) is 77.2 Å². The fourth-order valence-electron chi connectivity index (χ4n) is 9.31. The van der Waals surface area contributed by atoms with Gasteiger partial charge in [-0.1, -0.05) is 172 Å². The van der Waals surface area contributed by atoms with E-state index in [0.29, 0.717) is 0 Å². The molecule has 1 aliphatic rings. The monoisotopic (exact) mass is 729 g/mol. The van der Waals surface area contributed by atoms with Crippen LogP contribution in [0.1, 0.15) is 25.0 Å². The summed E-state index contributed by atoms with van der Waals surface area (Å²) in [5, 5.41) is 4.61. The molecule has 0 N–H and O–H groups in total. The van der Waals surface area contributed by atoms with Crippen LogP contribution in [0.3, 0.4) is 0 Å². The molecular weight excluding hydrogens is 691 g/mol. The van der Waals surface area contributed by atoms with E-state index in [0.717, 1.165) is 44.3 Å². The van der Waals surface area contributed by atoms with E-state index < -0.39 is 0 Å². The summed E-state index contributed by atoms with van der Waals surface area (Å²) in [6.07, 6.45) is 0. The Balaban J connectivity index is 1.03. The molecule has 1 aromatic heterocycles. The van der Waals surface area contributed by atoms with E-state index in [1.807, 2.05) is 0 Å². The molecule has 0 saturated heterocycles. The molecule has 1 aliphatic carbocycles. The van der Waals surface area contributed by atoms with Crippen molar-refractivity contribution < 1.29 is 4.42 Å². The zero-order valence-electron chi connectivity index (χ0n) is 31.9. The van der Waals surface area contributed by atoms with Crippen LogP contribution in [0.15, 0.2) is 205 Å². The molecule has 1 heterocycles. The van der Waals surface area contributed by atoms with Crippen LogP contribution in [0, 0.1) is 0 Å². The fraction of sp³-hybridized carbons (Fsp3) is 0.0545. The molecule has 57 heavy (non-hydrogen) atoms. The van der Waals surface area contributed by atoms with Crippen molar-refractivity contribution >= 4 is 49.8 Å². The highest BCUT2D eigenvalue weighted by atomic mass is 16.3. The molecule has 270 valence electrons. The van der Waals surface area contributed by atoms with Gasteiger partial charge in [0.25, 0.3) is 0 Å². The smallest absolute Gasteiger partial charge is 0.143 e. The van der Waals surface area contributed by atoms with Gasteiger partial charge in [0.15, 0.2) is 0 Å². The summed E-state index contributed by atoms with van der Waals surface area (Å²) in [5.41, 5.74) is 17.6. The van der Waals surface area contributed by atoms with E-state index in [-0.39, 0.29) is 5.41 Å². The molecule has 10 aromatic rings. The van der Waals surface area contributed by atoms with Crippen LogP contribution in [-0.2, 0) is 5.41 Å². The summed E-state index contributed by atoms with van der Waals surface area (Å²) >= 11 is 0. The standard InChI is InChI=1S/C55H39NO/c1-55(2)49-19-9-8-16-46(49)47-18-10-20-50(53(47)55)56(42-31-26-39(27-32-42)38-24-22-37(23-25-38)36-12-4-3-5-13-36)43-33-28-41(29-34-43)44-17-11-21-51-52(44)48-35-30-40-14-6-7-15-45(40)54(48)57-51/h3-35H,1-2H3. The van der Waals surface area contributed by atoms with Gasteiger partial charge in [0.2, 0.25) is 0 Å². The molecule has 9 aromatic carbocycles. The molecule has 0 radical (unpaired) electrons. The largest absolute Gasteiger partial charge is 0.455 e. The van der Waals surface area contributed by atoms with E-state index in [2.05, 4.69) is 219 Å². The van der Waals surface area contributed by atoms with E-state index in [1.54, 1.807) is 0 Å². The van der Waals surface area contributed by atoms with Gasteiger partial charge >= 0.3 is 0 Å². The van der Waals surface area contributed by atoms with Gasteiger partial charge in [-0.2, -0.15) is 0 Å². The molecule has 0 unspecified atom stereocenters. The first-order valence-electron chi connectivity index (χ1n) is 19.8. The van der Waals surface area contributed by atoms with Gasteiger partial charge in [-0.15, -0.1) is 0 Å². The summed E-state index contributed by atoms with van der Waals surface area (Å²) < 4.78 is 6.55. The van der Waals surface area contributed by atoms with Crippen molar-refractivity contribution in [3.63, 3.8) is 0 Å². The van der Waals surface area contributed by atoms with Crippen molar-refractivity contribution in [1.82, 2.24) is 0 Å². The van der Waals surface area contributed by atoms with Gasteiger partial charge < -0.3 is 9.32 Å². The Morgan fingerprint density at radius 1 is 0.404 bits per heavy atom. The first-order valence-corrected chi connectivity index (χ1v) is 19.8. The molecule has 11 rings (SSSR count). The van der Waals surface area contributed by atoms with E-state index >= 15 is 0 Å². The lowest BCUT2D eigenvalue weighted by atomic mass is 9.81. The Bertz CT molecular complexity index is 3120. The third-order valence-corrected chi connectivity index (χ3v) is 12.1. The first-order chi connectivity index (χ1) is 28.0. The maximum Gasteiger partial charge on any atom is 0.143 e. The molecule has 0 amide bonds. The number of benzene rings is 9. The minimum absolute atomic E-state index is 0.177. The number of hydrogen-bond acceptors (Lipinski definition) is 2. The molecule has 0 bridgehead atoms. The number of rotatable bonds is 6. The maximum atomic E-state index is 6.55. The van der Waals surface area contributed by atoms with Gasteiger partial charge in [-0.25, -0.2) is 0 Å². The predicted octanol–water partition coefficient (Wildman–Crippen LogP) is 15.5. The quantitative estimate of drug-likeness (QED) is 0.169. The van der Waals surface area contributed by atoms with E-state index in [9.17, 15) is 0 Å². The lowest BCUT2D eigenvalue weighted by Crippen LogP contribution is -2.20. The minimum Gasteiger partial charge on any atom is -0.455 e. The summed E-state index contributed by atoms with van der Waals surface area (Å²) in [4.78, 5) is 2.44. The number of anilines is 3. The van der Waals surface area contributed by atoms with Crippen molar-refractivity contribution in [2.24, 2.45) is 0 Å². The van der Waals surface area contributed by atoms with Crippen molar-refractivity contribution in [1.29, 1.82) is 0 Å². The molecule has 0 aliphatic heterocycles. The summed E-state index contributed by atoms with van der Waals surface area (Å²) in [6.45, 7) is 4.73. The molecule has 0 saturated carbocycles. The second-order valence-corrected chi connectivity index (χ2v) is 15.7. The Hall–Kier alpha value is -7.16. The van der Waals surface area contributed by atoms with Crippen molar-refractivity contribution in [2.75, 3.05) is 4.90 Å². The Morgan fingerprint density at radius 3 is 1.70 bits per heavy atom. The fourth-order valence-corrected chi connectivity index (χ4v) is 9.31. The third kappa shape index (κ3) is 5.33. The SMILES string of the molecule is CC1(C)c2ccccc2-c2cccc(N(c3ccc(-c4ccc(-c5ccccc5)cc4)cc3)c3ccc(-c4cccc5oc6c7ccccc7ccc6c45)cc3)c21. The first kappa shape index (κ1) is 33.2. The summed E-state index contributed by atoms with van der Waals surface area (Å²) in [7, 11) is 0. The normalized spacial score (nSPS) is 12.9. The van der Waals surface area contributed by atoms with E-state index in [1.165, 1.54) is 61.1 Å². The lowest BCUT2D eigenvalue weighted by Gasteiger charge is -2.32. The van der Waals surface area contributed by atoms with Crippen LogP contribution in [0.5, 0.6) is 0 Å². The van der Waals surface area contributed by atoms with Crippen molar-refractivity contribution in [3.05, 3.63) is 211 Å². The number of hydrogen-bond donors (Lipinski definition) is 0. The predicted molar refractivity (Wildman–Crippen MR) is 240 cm³/mol. The number of fused-ring (bicyclic) bond motifs is 8. The third-order valence-electron chi connectivity index (χ3n) is 12.1. The molecule has 0 fully saturated rings. The molecule has 2 nitrogen and oxygen atoms in total. The molecule has 0 spiro atoms. The topological polar surface area (TPSA) is 16.4 Å². The average Bonchev–Trinajstić information content (AvgIpc) is 3.78. The van der Waals surface area contributed by atoms with Crippen LogP contribution in [0.4, 0.5) is 17.1 Å². The van der Waals surface area contributed by atoms with Crippen LogP contribution < -0.4 is 4.90 Å². The number of nitrogens with zero attached hydrogens (tertiary/aromatic N) is 1. The van der Waals surface area contributed by atoms with Gasteiger partial charge in [0.1, 0.15) is 11.2 Å². The zero-order valence-corrected chi connectivity index (χ0v) is 31.9. The van der Waals surface area contributed by atoms with Crippen LogP contribution >= 0.6 is 0 Å². The Labute approximate surface area is 332 Å². The Kier molecular flexibility index (Phi) is 7.55. The van der Waals surface area contributed by atoms with E-state index in [4.69, 9.17) is 4.42 Å². The maximum absolute atomic E-state index is 6.55. The zero-order chi connectivity index (χ0) is 38.1. The molecule has 2 heteroatoms. The highest BCUT2D eigenvalue weighted by Gasteiger charge is 2.38. The second-order valence-electron chi connectivity index (χ2n) is 15.7. The van der Waals surface area contributed by atoms with Gasteiger partial charge in [0, 0.05) is 32.9 Å². The molecular formula is C55H39NO. The summed E-state index contributed by atoms with van der Waals surface area (Å²) in [6, 6.07) is 72.5. The van der Waals surface area contributed by atoms with Crippen LogP contribution in [0.2, 0.25) is 0 Å². The van der Waals surface area contributed by atoms with Gasteiger partial charge in [-0.3, -0.25) is 0 Å². The average molecular weight is 730 g/mol. The van der Waals surface area contributed by atoms with Crippen molar-refractivity contribution in [3.8, 4) is 44.5 Å². The van der Waals surface area contributed by atoms with Gasteiger partial charge in [-0.05, 0) is 103 Å². The van der Waals surface area contributed by atoms with Crippen LogP contribution in [-0.4, -0.2) is 0 Å². The van der Waals surface area contributed by atoms with Gasteiger partial charge in [0.05, 0.1) is 5.69 Å². The Morgan fingerprint density at radius 2 is 0.965 bits per heavy atom.